The van der Waals surface area contributed by atoms with Crippen molar-refractivity contribution in [3.05, 3.63) is 53.2 Å². The first-order valence-electron chi connectivity index (χ1n) is 11.4. The molecule has 0 radical (unpaired) electrons. The normalized spacial score (nSPS) is 16.9. The predicted octanol–water partition coefficient (Wildman–Crippen LogP) is 4.18. The molecule has 9 nitrogen and oxygen atoms in total. The Morgan fingerprint density at radius 3 is 2.74 bits per heavy atom. The molecule has 3 aromatic rings. The molecule has 2 aliphatic heterocycles. The summed E-state index contributed by atoms with van der Waals surface area (Å²) in [4.78, 5) is 11.3. The summed E-state index contributed by atoms with van der Waals surface area (Å²) in [7, 11) is -1.77. The zero-order valence-corrected chi connectivity index (χ0v) is 20.8. The van der Waals surface area contributed by atoms with Crippen molar-refractivity contribution >= 4 is 50.3 Å². The lowest BCUT2D eigenvalue weighted by Gasteiger charge is -2.29. The largest absolute Gasteiger partial charge is 0.494 e. The lowest BCUT2D eigenvalue weighted by Crippen LogP contribution is -2.36. The van der Waals surface area contributed by atoms with E-state index in [1.165, 1.54) is 6.20 Å². The smallest absolute Gasteiger partial charge is 0.229 e. The van der Waals surface area contributed by atoms with Gasteiger partial charge >= 0.3 is 0 Å². The standard InChI is InChI=1S/C24H26ClN5O4S/c1-33-21-14-17(30-9-11-34-12-10-30)7-8-19(21)28-24-26-15-18(25)23(29-24)27-20-6-2-4-16-5-3-13-35(31,32)22(16)20/h2,4,6-8,14-15H,3,5,9-13H2,1H3,(H2,26,27,28,29). The van der Waals surface area contributed by atoms with E-state index in [4.69, 9.17) is 21.1 Å². The van der Waals surface area contributed by atoms with E-state index in [-0.39, 0.29) is 10.8 Å². The van der Waals surface area contributed by atoms with Gasteiger partial charge in [-0.2, -0.15) is 4.98 Å². The number of nitrogens with one attached hydrogen (secondary N) is 2. The van der Waals surface area contributed by atoms with Crippen molar-refractivity contribution in [3.8, 4) is 5.75 Å². The van der Waals surface area contributed by atoms with Crippen molar-refractivity contribution in [2.45, 2.75) is 17.7 Å². The van der Waals surface area contributed by atoms with E-state index in [0.717, 1.165) is 24.3 Å². The van der Waals surface area contributed by atoms with Crippen LogP contribution in [-0.2, 0) is 21.0 Å². The third-order valence-corrected chi connectivity index (χ3v) is 8.28. The van der Waals surface area contributed by atoms with E-state index >= 15 is 0 Å². The van der Waals surface area contributed by atoms with E-state index in [1.54, 1.807) is 13.2 Å². The van der Waals surface area contributed by atoms with E-state index in [1.807, 2.05) is 30.3 Å². The average Bonchev–Trinajstić information content (AvgIpc) is 2.86. The fourth-order valence-corrected chi connectivity index (χ4v) is 6.26. The summed E-state index contributed by atoms with van der Waals surface area (Å²) in [5, 5.41) is 6.56. The van der Waals surface area contributed by atoms with Gasteiger partial charge in [0.05, 0.1) is 48.5 Å². The van der Waals surface area contributed by atoms with Crippen LogP contribution in [0.2, 0.25) is 5.02 Å². The number of methoxy groups -OCH3 is 1. The van der Waals surface area contributed by atoms with Crippen LogP contribution < -0.4 is 20.3 Å². The molecule has 1 saturated heterocycles. The van der Waals surface area contributed by atoms with Crippen molar-refractivity contribution in [3.63, 3.8) is 0 Å². The Morgan fingerprint density at radius 1 is 1.11 bits per heavy atom. The summed E-state index contributed by atoms with van der Waals surface area (Å²) in [6, 6.07) is 11.3. The molecule has 184 valence electrons. The molecule has 0 spiro atoms. The number of hydrogen-bond acceptors (Lipinski definition) is 9. The second-order valence-corrected chi connectivity index (χ2v) is 10.8. The van der Waals surface area contributed by atoms with Crippen LogP contribution in [0.25, 0.3) is 0 Å². The molecule has 0 amide bonds. The summed E-state index contributed by atoms with van der Waals surface area (Å²) in [5.74, 6) is 1.37. The summed E-state index contributed by atoms with van der Waals surface area (Å²) in [5.41, 5.74) is 3.00. The molecule has 0 saturated carbocycles. The molecule has 1 fully saturated rings. The van der Waals surface area contributed by atoms with Crippen molar-refractivity contribution in [1.82, 2.24) is 9.97 Å². The second-order valence-electron chi connectivity index (χ2n) is 8.34. The third-order valence-electron chi connectivity index (χ3n) is 6.07. The van der Waals surface area contributed by atoms with Gasteiger partial charge in [-0.3, -0.25) is 0 Å². The molecule has 35 heavy (non-hydrogen) atoms. The third kappa shape index (κ3) is 5.00. The predicted molar refractivity (Wildman–Crippen MR) is 136 cm³/mol. The first-order chi connectivity index (χ1) is 16.9. The molecule has 3 heterocycles. The number of hydrogen-bond donors (Lipinski definition) is 2. The Hall–Kier alpha value is -3.08. The monoisotopic (exact) mass is 515 g/mol. The van der Waals surface area contributed by atoms with Crippen LogP contribution in [0, 0.1) is 0 Å². The topological polar surface area (TPSA) is 106 Å². The molecule has 0 unspecified atom stereocenters. The number of halogens is 1. The molecule has 2 N–H and O–H groups in total. The van der Waals surface area contributed by atoms with E-state index in [9.17, 15) is 8.42 Å². The minimum atomic E-state index is -3.38. The quantitative estimate of drug-likeness (QED) is 0.500. The van der Waals surface area contributed by atoms with Crippen LogP contribution in [0.4, 0.5) is 28.8 Å². The number of benzene rings is 2. The van der Waals surface area contributed by atoms with Gasteiger partial charge in [0.2, 0.25) is 5.95 Å². The average molecular weight is 516 g/mol. The Balaban J connectivity index is 1.41. The van der Waals surface area contributed by atoms with Crippen molar-refractivity contribution in [2.24, 2.45) is 0 Å². The van der Waals surface area contributed by atoms with E-state index < -0.39 is 9.84 Å². The van der Waals surface area contributed by atoms with Gasteiger partial charge in [0.1, 0.15) is 10.8 Å². The number of nitrogens with zero attached hydrogens (tertiary/aromatic N) is 3. The maximum atomic E-state index is 12.7. The fraction of sp³-hybridized carbons (Fsp3) is 0.333. The molecule has 0 aliphatic carbocycles. The summed E-state index contributed by atoms with van der Waals surface area (Å²) in [6.45, 7) is 3.04. The number of aryl methyl sites for hydroxylation is 1. The molecular weight excluding hydrogens is 490 g/mol. The summed E-state index contributed by atoms with van der Waals surface area (Å²) < 4.78 is 36.5. The van der Waals surface area contributed by atoms with Gasteiger partial charge in [0, 0.05) is 24.8 Å². The second kappa shape index (κ2) is 9.88. The van der Waals surface area contributed by atoms with Crippen molar-refractivity contribution in [1.29, 1.82) is 0 Å². The van der Waals surface area contributed by atoms with E-state index in [0.29, 0.717) is 59.8 Å². The van der Waals surface area contributed by atoms with Crippen molar-refractivity contribution in [2.75, 3.05) is 54.7 Å². The summed E-state index contributed by atoms with van der Waals surface area (Å²) >= 11 is 6.36. The number of ether oxygens (including phenoxy) is 2. The molecule has 2 aliphatic rings. The zero-order chi connectivity index (χ0) is 24.4. The van der Waals surface area contributed by atoms with Crippen LogP contribution in [-0.4, -0.2) is 57.6 Å². The molecule has 2 aromatic carbocycles. The maximum Gasteiger partial charge on any atom is 0.229 e. The Bertz CT molecular complexity index is 1350. The maximum absolute atomic E-state index is 12.7. The Labute approximate surface area is 209 Å². The molecule has 11 heteroatoms. The molecule has 1 aromatic heterocycles. The summed E-state index contributed by atoms with van der Waals surface area (Å²) in [6.07, 6.45) is 2.81. The zero-order valence-electron chi connectivity index (χ0n) is 19.3. The number of anilines is 5. The SMILES string of the molecule is COc1cc(N2CCOCC2)ccc1Nc1ncc(Cl)c(Nc2cccc3c2S(=O)(=O)CCC3)n1. The van der Waals surface area contributed by atoms with Gasteiger partial charge in [-0.1, -0.05) is 23.7 Å². The number of fused-ring (bicyclic) bond motifs is 1. The Kier molecular flexibility index (Phi) is 6.68. The van der Waals surface area contributed by atoms with Crippen molar-refractivity contribution < 1.29 is 17.9 Å². The first-order valence-corrected chi connectivity index (χ1v) is 13.4. The lowest BCUT2D eigenvalue weighted by atomic mass is 10.1. The first kappa shape index (κ1) is 23.7. The number of rotatable bonds is 6. The van der Waals surface area contributed by atoms with Crippen LogP contribution in [0.3, 0.4) is 0 Å². The minimum absolute atomic E-state index is 0.128. The highest BCUT2D eigenvalue weighted by Gasteiger charge is 2.27. The highest BCUT2D eigenvalue weighted by atomic mass is 35.5. The van der Waals surface area contributed by atoms with Crippen LogP contribution >= 0.6 is 11.6 Å². The van der Waals surface area contributed by atoms with Crippen LogP contribution in [0.1, 0.15) is 12.0 Å². The van der Waals surface area contributed by atoms with Gasteiger partial charge < -0.3 is 25.0 Å². The van der Waals surface area contributed by atoms with Gasteiger partial charge in [-0.15, -0.1) is 0 Å². The minimum Gasteiger partial charge on any atom is -0.494 e. The highest BCUT2D eigenvalue weighted by molar-refractivity contribution is 7.91. The Morgan fingerprint density at radius 2 is 1.94 bits per heavy atom. The number of morpholine rings is 1. The van der Waals surface area contributed by atoms with E-state index in [2.05, 4.69) is 25.5 Å². The van der Waals surface area contributed by atoms with Crippen LogP contribution in [0.15, 0.2) is 47.5 Å². The number of sulfone groups is 1. The fourth-order valence-electron chi connectivity index (χ4n) is 4.37. The number of aromatic nitrogens is 2. The molecule has 0 bridgehead atoms. The highest BCUT2D eigenvalue weighted by Crippen LogP contribution is 2.36. The lowest BCUT2D eigenvalue weighted by molar-refractivity contribution is 0.122. The van der Waals surface area contributed by atoms with Gasteiger partial charge in [-0.05, 0) is 36.6 Å². The molecule has 0 atom stereocenters. The molecule has 5 rings (SSSR count). The van der Waals surface area contributed by atoms with Gasteiger partial charge in [0.25, 0.3) is 0 Å². The van der Waals surface area contributed by atoms with Crippen LogP contribution in [0.5, 0.6) is 5.75 Å². The van der Waals surface area contributed by atoms with Gasteiger partial charge in [0.15, 0.2) is 15.7 Å². The van der Waals surface area contributed by atoms with Gasteiger partial charge in [-0.25, -0.2) is 13.4 Å². The molecular formula is C24H26ClN5O4S.